The van der Waals surface area contributed by atoms with Crippen LogP contribution in [0.5, 0.6) is 0 Å². The second kappa shape index (κ2) is 6.36. The molecule has 3 fully saturated rings. The molecular weight excluding hydrogens is 324 g/mol. The number of fused-ring (bicyclic) bond motifs is 5. The highest BCUT2D eigenvalue weighted by molar-refractivity contribution is 5.67. The first-order valence-electron chi connectivity index (χ1n) is 10.8. The minimum absolute atomic E-state index is 0.115. The number of hydrogen-bond donors (Lipinski definition) is 2. The van der Waals surface area contributed by atoms with Gasteiger partial charge in [-0.15, -0.1) is 0 Å². The Morgan fingerprint density at radius 3 is 2.50 bits per heavy atom. The number of carboxylic acid groups (broad SMARTS) is 1. The van der Waals surface area contributed by atoms with Crippen molar-refractivity contribution in [2.75, 3.05) is 0 Å². The summed E-state index contributed by atoms with van der Waals surface area (Å²) >= 11 is 0. The zero-order valence-electron chi connectivity index (χ0n) is 16.7. The van der Waals surface area contributed by atoms with E-state index in [9.17, 15) is 15.0 Å². The summed E-state index contributed by atoms with van der Waals surface area (Å²) in [6.45, 7) is 7.12. The van der Waals surface area contributed by atoms with Crippen LogP contribution in [0.3, 0.4) is 0 Å². The first-order chi connectivity index (χ1) is 12.3. The number of hydrogen-bond acceptors (Lipinski definition) is 2. The Hall–Kier alpha value is -0.830. The fourth-order valence-corrected chi connectivity index (χ4v) is 7.99. The third kappa shape index (κ3) is 2.68. The molecule has 0 aromatic carbocycles. The van der Waals surface area contributed by atoms with Gasteiger partial charge in [-0.2, -0.15) is 0 Å². The van der Waals surface area contributed by atoms with Gasteiger partial charge in [0.05, 0.1) is 6.10 Å². The van der Waals surface area contributed by atoms with Gasteiger partial charge in [-0.25, -0.2) is 0 Å². The molecule has 0 aromatic heterocycles. The molecule has 4 unspecified atom stereocenters. The third-order valence-electron chi connectivity index (χ3n) is 9.39. The van der Waals surface area contributed by atoms with Gasteiger partial charge in [0.1, 0.15) is 0 Å². The van der Waals surface area contributed by atoms with Crippen LogP contribution in [-0.2, 0) is 4.79 Å². The standard InChI is InChI=1S/C23H36O3/c1-14(12-21(25)26)18-6-7-19-17-5-4-15-13-16(24)8-10-22(15,2)20(17)9-11-23(18,19)3/h4-5,14-20,24H,6-13H2,1-3H3,(H,25,26)/t14-,15?,16+,17?,18-,19?,20?,22+,23-/m1/s1. The van der Waals surface area contributed by atoms with Gasteiger partial charge in [0.25, 0.3) is 0 Å². The first kappa shape index (κ1) is 18.5. The normalized spacial score (nSPS) is 51.2. The predicted octanol–water partition coefficient (Wildman–Crippen LogP) is 4.89. The number of aliphatic carboxylic acids is 1. The van der Waals surface area contributed by atoms with Crippen molar-refractivity contribution >= 4 is 5.97 Å². The molecule has 4 aliphatic rings. The van der Waals surface area contributed by atoms with Gasteiger partial charge >= 0.3 is 5.97 Å². The number of carboxylic acids is 1. The second-order valence-electron chi connectivity index (χ2n) is 10.5. The molecule has 0 bridgehead atoms. The quantitative estimate of drug-likeness (QED) is 0.704. The van der Waals surface area contributed by atoms with Crippen LogP contribution in [0.25, 0.3) is 0 Å². The van der Waals surface area contributed by atoms with Crippen molar-refractivity contribution in [3.05, 3.63) is 12.2 Å². The Bertz CT molecular complexity index is 598. The Labute approximate surface area is 158 Å². The maximum atomic E-state index is 11.3. The molecular formula is C23H36O3. The highest BCUT2D eigenvalue weighted by atomic mass is 16.4. The molecule has 26 heavy (non-hydrogen) atoms. The lowest BCUT2D eigenvalue weighted by Gasteiger charge is -2.59. The maximum absolute atomic E-state index is 11.3. The summed E-state index contributed by atoms with van der Waals surface area (Å²) in [5, 5.41) is 19.4. The summed E-state index contributed by atoms with van der Waals surface area (Å²) < 4.78 is 0. The van der Waals surface area contributed by atoms with Crippen LogP contribution in [0.2, 0.25) is 0 Å². The molecule has 0 aromatic rings. The summed E-state index contributed by atoms with van der Waals surface area (Å²) in [5.41, 5.74) is 0.655. The van der Waals surface area contributed by atoms with Crippen LogP contribution in [-0.4, -0.2) is 22.3 Å². The van der Waals surface area contributed by atoms with Crippen molar-refractivity contribution in [2.45, 2.75) is 78.2 Å². The van der Waals surface area contributed by atoms with E-state index in [1.807, 2.05) is 0 Å². The monoisotopic (exact) mass is 360 g/mol. The van der Waals surface area contributed by atoms with Crippen molar-refractivity contribution in [3.63, 3.8) is 0 Å². The molecule has 0 amide bonds. The topological polar surface area (TPSA) is 57.5 Å². The maximum Gasteiger partial charge on any atom is 0.303 e. The third-order valence-corrected chi connectivity index (χ3v) is 9.39. The molecule has 4 aliphatic carbocycles. The van der Waals surface area contributed by atoms with E-state index in [4.69, 9.17) is 0 Å². The van der Waals surface area contributed by atoms with Crippen molar-refractivity contribution < 1.29 is 15.0 Å². The van der Waals surface area contributed by atoms with Crippen LogP contribution in [0.1, 0.15) is 72.1 Å². The van der Waals surface area contributed by atoms with E-state index in [1.165, 1.54) is 25.7 Å². The summed E-state index contributed by atoms with van der Waals surface area (Å²) in [7, 11) is 0. The fourth-order valence-electron chi connectivity index (χ4n) is 7.99. The number of rotatable bonds is 3. The van der Waals surface area contributed by atoms with E-state index in [0.717, 1.165) is 25.2 Å². The van der Waals surface area contributed by atoms with Crippen LogP contribution in [0.15, 0.2) is 12.2 Å². The van der Waals surface area contributed by atoms with Crippen LogP contribution >= 0.6 is 0 Å². The van der Waals surface area contributed by atoms with Crippen LogP contribution < -0.4 is 0 Å². The second-order valence-corrected chi connectivity index (χ2v) is 10.5. The molecule has 4 rings (SSSR count). The number of aliphatic hydroxyl groups excluding tert-OH is 1. The van der Waals surface area contributed by atoms with E-state index in [-0.39, 0.29) is 12.0 Å². The van der Waals surface area contributed by atoms with E-state index < -0.39 is 5.97 Å². The van der Waals surface area contributed by atoms with Crippen LogP contribution in [0.4, 0.5) is 0 Å². The number of carbonyl (C=O) groups is 1. The molecule has 2 N–H and O–H groups in total. The van der Waals surface area contributed by atoms with Crippen molar-refractivity contribution in [1.29, 1.82) is 0 Å². The Balaban J connectivity index is 1.59. The lowest BCUT2D eigenvalue weighted by molar-refractivity contribution is -0.139. The van der Waals surface area contributed by atoms with E-state index in [0.29, 0.717) is 40.9 Å². The lowest BCUT2D eigenvalue weighted by Crippen LogP contribution is -2.52. The zero-order chi connectivity index (χ0) is 18.7. The van der Waals surface area contributed by atoms with Gasteiger partial charge in [-0.1, -0.05) is 32.9 Å². The summed E-state index contributed by atoms with van der Waals surface area (Å²) in [6, 6.07) is 0. The average Bonchev–Trinajstić information content (AvgIpc) is 2.92. The predicted molar refractivity (Wildman–Crippen MR) is 103 cm³/mol. The van der Waals surface area contributed by atoms with E-state index >= 15 is 0 Å². The largest absolute Gasteiger partial charge is 0.481 e. The van der Waals surface area contributed by atoms with Gasteiger partial charge < -0.3 is 10.2 Å². The number of allylic oxidation sites excluding steroid dienone is 2. The zero-order valence-corrected chi connectivity index (χ0v) is 16.7. The first-order valence-corrected chi connectivity index (χ1v) is 10.8. The Kier molecular flexibility index (Phi) is 4.53. The Morgan fingerprint density at radius 1 is 1.08 bits per heavy atom. The van der Waals surface area contributed by atoms with Crippen molar-refractivity contribution in [3.8, 4) is 0 Å². The highest BCUT2D eigenvalue weighted by Crippen LogP contribution is 2.66. The molecule has 0 saturated heterocycles. The van der Waals surface area contributed by atoms with Gasteiger partial charge in [0, 0.05) is 6.42 Å². The molecule has 3 heteroatoms. The lowest BCUT2D eigenvalue weighted by atomic mass is 9.46. The van der Waals surface area contributed by atoms with Crippen LogP contribution in [0, 0.1) is 46.3 Å². The summed E-state index contributed by atoms with van der Waals surface area (Å²) in [5.74, 6) is 2.84. The van der Waals surface area contributed by atoms with Gasteiger partial charge in [-0.3, -0.25) is 4.79 Å². The van der Waals surface area contributed by atoms with Gasteiger partial charge in [0.15, 0.2) is 0 Å². The summed E-state index contributed by atoms with van der Waals surface area (Å²) in [4.78, 5) is 11.3. The van der Waals surface area contributed by atoms with Gasteiger partial charge in [0.2, 0.25) is 0 Å². The average molecular weight is 361 g/mol. The highest BCUT2D eigenvalue weighted by Gasteiger charge is 2.59. The molecule has 0 spiro atoms. The SMILES string of the molecule is C[C@H](CC(=O)O)[C@H]1CCC2C3C=CC4C[C@@H](O)CC[C@]4(C)C3CC[C@@]21C. The van der Waals surface area contributed by atoms with E-state index in [2.05, 4.69) is 32.9 Å². The summed E-state index contributed by atoms with van der Waals surface area (Å²) in [6.07, 6.45) is 13.2. The Morgan fingerprint density at radius 2 is 1.77 bits per heavy atom. The minimum Gasteiger partial charge on any atom is -0.481 e. The molecule has 0 aliphatic heterocycles. The van der Waals surface area contributed by atoms with Crippen molar-refractivity contribution in [1.82, 2.24) is 0 Å². The molecule has 0 heterocycles. The number of aliphatic hydroxyl groups is 1. The van der Waals surface area contributed by atoms with E-state index in [1.54, 1.807) is 0 Å². The van der Waals surface area contributed by atoms with Gasteiger partial charge in [-0.05, 0) is 91.3 Å². The smallest absolute Gasteiger partial charge is 0.303 e. The minimum atomic E-state index is -0.646. The van der Waals surface area contributed by atoms with Crippen molar-refractivity contribution in [2.24, 2.45) is 46.3 Å². The molecule has 146 valence electrons. The molecule has 3 nitrogen and oxygen atoms in total. The molecule has 9 atom stereocenters. The molecule has 3 saturated carbocycles. The molecule has 0 radical (unpaired) electrons. The fraction of sp³-hybridized carbons (Fsp3) is 0.870.